The smallest absolute Gasteiger partial charge is 0.222 e. The lowest BCUT2D eigenvalue weighted by atomic mass is 10.1. The summed E-state index contributed by atoms with van der Waals surface area (Å²) in [5.41, 5.74) is 2.38. The van der Waals surface area contributed by atoms with Crippen LogP contribution in [0.2, 0.25) is 0 Å². The molecule has 172 valence electrons. The second-order valence-corrected chi connectivity index (χ2v) is 8.62. The van der Waals surface area contributed by atoms with E-state index in [0.717, 1.165) is 44.3 Å². The molecule has 0 radical (unpaired) electrons. The van der Waals surface area contributed by atoms with E-state index in [1.165, 1.54) is 30.4 Å². The number of aliphatic imine (C=N–C) groups is 1. The number of carbonyl (C=O) groups excluding carboxylic acids is 1. The Balaban J connectivity index is 1.35. The standard InChI is InChI=1S/C25H35N5O2/c1-26-25(28-18-22(23-11-8-16-32-23)29-13-5-2-6-14-29)27-17-20-9-3-4-10-21(20)19-30-15-7-12-24(30)31/h3-4,8-11,16,22H,2,5-7,12-15,17-19H2,1H3,(H2,26,27,28). The predicted octanol–water partition coefficient (Wildman–Crippen LogP) is 3.29. The molecule has 1 amide bonds. The van der Waals surface area contributed by atoms with Crippen molar-refractivity contribution in [2.45, 2.75) is 51.2 Å². The third-order valence-electron chi connectivity index (χ3n) is 6.49. The molecule has 3 heterocycles. The van der Waals surface area contributed by atoms with Gasteiger partial charge in [0.05, 0.1) is 12.3 Å². The number of furan rings is 1. The molecule has 32 heavy (non-hydrogen) atoms. The van der Waals surface area contributed by atoms with Crippen LogP contribution in [0.5, 0.6) is 0 Å². The van der Waals surface area contributed by atoms with E-state index in [2.05, 4.69) is 38.7 Å². The average Bonchev–Trinajstić information content (AvgIpc) is 3.50. The van der Waals surface area contributed by atoms with E-state index in [4.69, 9.17) is 4.42 Å². The van der Waals surface area contributed by atoms with Crippen LogP contribution in [-0.4, -0.2) is 54.9 Å². The van der Waals surface area contributed by atoms with Gasteiger partial charge in [-0.25, -0.2) is 0 Å². The molecule has 1 unspecified atom stereocenters. The minimum absolute atomic E-state index is 0.192. The maximum Gasteiger partial charge on any atom is 0.222 e. The van der Waals surface area contributed by atoms with Gasteiger partial charge < -0.3 is 20.0 Å². The lowest BCUT2D eigenvalue weighted by Gasteiger charge is -2.33. The molecule has 0 aliphatic carbocycles. The predicted molar refractivity (Wildman–Crippen MR) is 126 cm³/mol. The minimum Gasteiger partial charge on any atom is -0.468 e. The minimum atomic E-state index is 0.192. The van der Waals surface area contributed by atoms with Crippen molar-refractivity contribution in [3.63, 3.8) is 0 Å². The first kappa shape index (κ1) is 22.4. The van der Waals surface area contributed by atoms with Crippen molar-refractivity contribution in [3.8, 4) is 0 Å². The molecule has 2 aromatic rings. The van der Waals surface area contributed by atoms with Gasteiger partial charge in [0.2, 0.25) is 5.91 Å². The summed E-state index contributed by atoms with van der Waals surface area (Å²) in [6, 6.07) is 12.5. The summed E-state index contributed by atoms with van der Waals surface area (Å²) in [4.78, 5) is 20.9. The molecule has 2 N–H and O–H groups in total. The summed E-state index contributed by atoms with van der Waals surface area (Å²) >= 11 is 0. The van der Waals surface area contributed by atoms with E-state index in [1.54, 1.807) is 13.3 Å². The van der Waals surface area contributed by atoms with Gasteiger partial charge in [-0.2, -0.15) is 0 Å². The Morgan fingerprint density at radius 1 is 1.03 bits per heavy atom. The van der Waals surface area contributed by atoms with Crippen LogP contribution < -0.4 is 10.6 Å². The Morgan fingerprint density at radius 3 is 2.53 bits per heavy atom. The molecule has 4 rings (SSSR count). The first-order valence-corrected chi connectivity index (χ1v) is 11.8. The fourth-order valence-electron chi connectivity index (χ4n) is 4.67. The van der Waals surface area contributed by atoms with E-state index < -0.39 is 0 Å². The first-order chi connectivity index (χ1) is 15.7. The van der Waals surface area contributed by atoms with Crippen LogP contribution in [0.15, 0.2) is 52.1 Å². The molecular weight excluding hydrogens is 402 g/mol. The van der Waals surface area contributed by atoms with Crippen molar-refractivity contribution in [1.29, 1.82) is 0 Å². The first-order valence-electron chi connectivity index (χ1n) is 11.8. The van der Waals surface area contributed by atoms with Crippen LogP contribution in [0.1, 0.15) is 55.0 Å². The normalized spacial score (nSPS) is 18.7. The van der Waals surface area contributed by atoms with Gasteiger partial charge in [-0.05, 0) is 55.6 Å². The molecule has 7 heteroatoms. The highest BCUT2D eigenvalue weighted by atomic mass is 16.3. The number of piperidine rings is 1. The van der Waals surface area contributed by atoms with E-state index in [1.807, 2.05) is 23.1 Å². The zero-order valence-corrected chi connectivity index (χ0v) is 19.1. The maximum atomic E-state index is 12.0. The molecule has 1 atom stereocenters. The van der Waals surface area contributed by atoms with Gasteiger partial charge in [0, 0.05) is 39.6 Å². The summed E-state index contributed by atoms with van der Waals surface area (Å²) in [5, 5.41) is 6.95. The highest BCUT2D eigenvalue weighted by Gasteiger charge is 2.25. The molecule has 2 saturated heterocycles. The van der Waals surface area contributed by atoms with Gasteiger partial charge in [0.15, 0.2) is 5.96 Å². The van der Waals surface area contributed by atoms with E-state index in [9.17, 15) is 4.79 Å². The van der Waals surface area contributed by atoms with Crippen molar-refractivity contribution in [2.24, 2.45) is 4.99 Å². The second-order valence-electron chi connectivity index (χ2n) is 8.62. The van der Waals surface area contributed by atoms with Gasteiger partial charge in [-0.1, -0.05) is 30.7 Å². The summed E-state index contributed by atoms with van der Waals surface area (Å²) in [6.45, 7) is 5.13. The second kappa shape index (κ2) is 11.2. The molecule has 0 bridgehead atoms. The third-order valence-corrected chi connectivity index (χ3v) is 6.49. The number of guanidine groups is 1. The number of rotatable bonds is 8. The molecular formula is C25H35N5O2. The lowest BCUT2D eigenvalue weighted by Crippen LogP contribution is -2.44. The Bertz CT molecular complexity index is 889. The highest BCUT2D eigenvalue weighted by molar-refractivity contribution is 5.80. The van der Waals surface area contributed by atoms with E-state index in [0.29, 0.717) is 19.5 Å². The number of carbonyl (C=O) groups is 1. The molecule has 1 aromatic heterocycles. The fraction of sp³-hybridized carbons (Fsp3) is 0.520. The van der Waals surface area contributed by atoms with Gasteiger partial charge in [-0.15, -0.1) is 0 Å². The molecule has 2 aliphatic heterocycles. The Kier molecular flexibility index (Phi) is 7.82. The Labute approximate surface area is 190 Å². The zero-order valence-electron chi connectivity index (χ0n) is 19.1. The lowest BCUT2D eigenvalue weighted by molar-refractivity contribution is -0.128. The number of hydrogen-bond acceptors (Lipinski definition) is 4. The van der Waals surface area contributed by atoms with Crippen molar-refractivity contribution >= 4 is 11.9 Å². The Hall–Kier alpha value is -2.80. The number of benzene rings is 1. The topological polar surface area (TPSA) is 73.1 Å². The van der Waals surface area contributed by atoms with Gasteiger partial charge >= 0.3 is 0 Å². The third kappa shape index (κ3) is 5.71. The van der Waals surface area contributed by atoms with E-state index in [-0.39, 0.29) is 11.9 Å². The summed E-state index contributed by atoms with van der Waals surface area (Å²) < 4.78 is 5.76. The molecule has 1 aromatic carbocycles. The van der Waals surface area contributed by atoms with Crippen LogP contribution >= 0.6 is 0 Å². The molecule has 2 fully saturated rings. The van der Waals surface area contributed by atoms with E-state index >= 15 is 0 Å². The van der Waals surface area contributed by atoms with Crippen LogP contribution in [0, 0.1) is 0 Å². The molecule has 0 saturated carbocycles. The monoisotopic (exact) mass is 437 g/mol. The number of amides is 1. The van der Waals surface area contributed by atoms with Gasteiger partial charge in [-0.3, -0.25) is 14.7 Å². The van der Waals surface area contributed by atoms with Crippen molar-refractivity contribution < 1.29 is 9.21 Å². The van der Waals surface area contributed by atoms with Crippen molar-refractivity contribution in [3.05, 3.63) is 59.5 Å². The zero-order chi connectivity index (χ0) is 22.2. The Morgan fingerprint density at radius 2 is 1.84 bits per heavy atom. The van der Waals surface area contributed by atoms with Gasteiger partial charge in [0.1, 0.15) is 5.76 Å². The number of hydrogen-bond donors (Lipinski definition) is 2. The average molecular weight is 438 g/mol. The van der Waals surface area contributed by atoms with Crippen molar-refractivity contribution in [1.82, 2.24) is 20.4 Å². The molecule has 2 aliphatic rings. The quantitative estimate of drug-likeness (QED) is 0.490. The van der Waals surface area contributed by atoms with Crippen LogP contribution in [0.25, 0.3) is 0 Å². The number of nitrogens with zero attached hydrogens (tertiary/aromatic N) is 3. The number of likely N-dealkylation sites (tertiary alicyclic amines) is 2. The van der Waals surface area contributed by atoms with Crippen LogP contribution in [-0.2, 0) is 17.9 Å². The molecule has 0 spiro atoms. The van der Waals surface area contributed by atoms with Crippen molar-refractivity contribution in [2.75, 3.05) is 33.2 Å². The fourth-order valence-corrected chi connectivity index (χ4v) is 4.67. The SMILES string of the molecule is CN=C(NCc1ccccc1CN1CCCC1=O)NCC(c1ccco1)N1CCCCC1. The number of nitrogens with one attached hydrogen (secondary N) is 2. The summed E-state index contributed by atoms with van der Waals surface area (Å²) in [6.07, 6.45) is 7.16. The highest BCUT2D eigenvalue weighted by Crippen LogP contribution is 2.24. The summed E-state index contributed by atoms with van der Waals surface area (Å²) in [7, 11) is 1.80. The maximum absolute atomic E-state index is 12.0. The van der Waals surface area contributed by atoms with Gasteiger partial charge in [0.25, 0.3) is 0 Å². The molecule has 7 nitrogen and oxygen atoms in total. The van der Waals surface area contributed by atoms with Crippen LogP contribution in [0.3, 0.4) is 0 Å². The van der Waals surface area contributed by atoms with Crippen LogP contribution in [0.4, 0.5) is 0 Å². The largest absolute Gasteiger partial charge is 0.468 e. The summed E-state index contributed by atoms with van der Waals surface area (Å²) in [5.74, 6) is 2.02.